The first kappa shape index (κ1) is 17.4. The molecule has 4 nitrogen and oxygen atoms in total. The third kappa shape index (κ3) is 3.65. The van der Waals surface area contributed by atoms with E-state index in [0.29, 0.717) is 32.6 Å². The molecule has 1 aliphatic heterocycles. The number of amides is 1. The SMILES string of the molecule is Cc1cccc(C2(C(=O)NCC3(O)CCOCC3)CCCCC2)c1. The highest BCUT2D eigenvalue weighted by Gasteiger charge is 2.42. The number of carbonyl (C=O) groups excluding carboxylic acids is 1. The molecule has 0 spiro atoms. The van der Waals surface area contributed by atoms with Crippen LogP contribution in [0.2, 0.25) is 0 Å². The standard InChI is InChI=1S/C20H29NO3/c1-16-6-5-7-17(14-16)20(8-3-2-4-9-20)18(22)21-15-19(23)10-12-24-13-11-19/h5-7,14,23H,2-4,8-13,15H2,1H3,(H,21,22). The van der Waals surface area contributed by atoms with Gasteiger partial charge in [0.1, 0.15) is 0 Å². The second-order valence-electron chi connectivity index (χ2n) is 7.53. The van der Waals surface area contributed by atoms with Gasteiger partial charge in [-0.25, -0.2) is 0 Å². The van der Waals surface area contributed by atoms with Gasteiger partial charge < -0.3 is 15.2 Å². The van der Waals surface area contributed by atoms with Crippen molar-refractivity contribution < 1.29 is 14.6 Å². The van der Waals surface area contributed by atoms with E-state index in [0.717, 1.165) is 31.2 Å². The van der Waals surface area contributed by atoms with Gasteiger partial charge in [-0.2, -0.15) is 0 Å². The molecule has 0 radical (unpaired) electrons. The maximum Gasteiger partial charge on any atom is 0.230 e. The van der Waals surface area contributed by atoms with E-state index in [9.17, 15) is 9.90 Å². The highest BCUT2D eigenvalue weighted by molar-refractivity contribution is 5.88. The van der Waals surface area contributed by atoms with Crippen LogP contribution in [-0.4, -0.2) is 36.4 Å². The molecule has 1 amide bonds. The Labute approximate surface area is 144 Å². The zero-order chi connectivity index (χ0) is 17.0. The molecular formula is C20H29NO3. The first-order valence-electron chi connectivity index (χ1n) is 9.20. The van der Waals surface area contributed by atoms with Gasteiger partial charge in [-0.1, -0.05) is 49.1 Å². The molecular weight excluding hydrogens is 302 g/mol. The van der Waals surface area contributed by atoms with Crippen molar-refractivity contribution in [2.75, 3.05) is 19.8 Å². The molecule has 0 bridgehead atoms. The summed E-state index contributed by atoms with van der Waals surface area (Å²) in [6.07, 6.45) is 6.32. The molecule has 1 aromatic rings. The molecule has 0 atom stereocenters. The minimum absolute atomic E-state index is 0.0766. The zero-order valence-corrected chi connectivity index (χ0v) is 14.6. The number of aryl methyl sites for hydroxylation is 1. The Balaban J connectivity index is 1.77. The predicted octanol–water partition coefficient (Wildman–Crippen LogP) is 2.85. The van der Waals surface area contributed by atoms with Gasteiger partial charge in [0.25, 0.3) is 0 Å². The van der Waals surface area contributed by atoms with Crippen LogP contribution in [0.3, 0.4) is 0 Å². The van der Waals surface area contributed by atoms with Crippen molar-refractivity contribution in [1.82, 2.24) is 5.32 Å². The Kier molecular flexibility index (Phi) is 5.26. The average molecular weight is 331 g/mol. The summed E-state index contributed by atoms with van der Waals surface area (Å²) in [7, 11) is 0. The number of ether oxygens (including phenoxy) is 1. The Hall–Kier alpha value is -1.39. The highest BCUT2D eigenvalue weighted by Crippen LogP contribution is 2.40. The molecule has 0 unspecified atom stereocenters. The molecule has 1 saturated heterocycles. The van der Waals surface area contributed by atoms with Gasteiger partial charge in [0.2, 0.25) is 5.91 Å². The molecule has 1 aliphatic carbocycles. The first-order valence-corrected chi connectivity index (χ1v) is 9.20. The van der Waals surface area contributed by atoms with E-state index in [-0.39, 0.29) is 5.91 Å². The molecule has 0 aromatic heterocycles. The summed E-state index contributed by atoms with van der Waals surface area (Å²) < 4.78 is 5.32. The lowest BCUT2D eigenvalue weighted by atomic mass is 9.68. The smallest absolute Gasteiger partial charge is 0.230 e. The monoisotopic (exact) mass is 331 g/mol. The summed E-state index contributed by atoms with van der Waals surface area (Å²) in [5.74, 6) is 0.0766. The maximum atomic E-state index is 13.2. The molecule has 24 heavy (non-hydrogen) atoms. The van der Waals surface area contributed by atoms with E-state index in [4.69, 9.17) is 4.74 Å². The van der Waals surface area contributed by atoms with Crippen molar-refractivity contribution in [2.24, 2.45) is 0 Å². The molecule has 1 saturated carbocycles. The van der Waals surface area contributed by atoms with Crippen molar-refractivity contribution in [3.8, 4) is 0 Å². The van der Waals surface area contributed by atoms with Gasteiger partial charge >= 0.3 is 0 Å². The van der Waals surface area contributed by atoms with E-state index in [1.807, 2.05) is 6.07 Å². The van der Waals surface area contributed by atoms with E-state index in [1.54, 1.807) is 0 Å². The van der Waals surface area contributed by atoms with Gasteiger partial charge in [0.05, 0.1) is 11.0 Å². The van der Waals surface area contributed by atoms with Crippen molar-refractivity contribution >= 4 is 5.91 Å². The Morgan fingerprint density at radius 1 is 1.17 bits per heavy atom. The van der Waals surface area contributed by atoms with Crippen molar-refractivity contribution in [2.45, 2.75) is 62.9 Å². The lowest BCUT2D eigenvalue weighted by Crippen LogP contribution is -2.52. The fraction of sp³-hybridized carbons (Fsp3) is 0.650. The quantitative estimate of drug-likeness (QED) is 0.892. The Morgan fingerprint density at radius 2 is 1.88 bits per heavy atom. The lowest BCUT2D eigenvalue weighted by Gasteiger charge is -2.38. The van der Waals surface area contributed by atoms with Crippen LogP contribution in [0.25, 0.3) is 0 Å². The molecule has 4 heteroatoms. The predicted molar refractivity (Wildman–Crippen MR) is 94.0 cm³/mol. The van der Waals surface area contributed by atoms with E-state index >= 15 is 0 Å². The number of nitrogens with one attached hydrogen (secondary N) is 1. The van der Waals surface area contributed by atoms with Crippen LogP contribution in [0, 0.1) is 6.92 Å². The van der Waals surface area contributed by atoms with Gasteiger partial charge in [-0.05, 0) is 25.3 Å². The molecule has 1 aromatic carbocycles. The Morgan fingerprint density at radius 3 is 2.54 bits per heavy atom. The largest absolute Gasteiger partial charge is 0.388 e. The van der Waals surface area contributed by atoms with Gasteiger partial charge in [-0.15, -0.1) is 0 Å². The van der Waals surface area contributed by atoms with Gasteiger partial charge in [0.15, 0.2) is 0 Å². The third-order valence-corrected chi connectivity index (χ3v) is 5.71. The molecule has 132 valence electrons. The molecule has 2 aliphatic rings. The van der Waals surface area contributed by atoms with Crippen LogP contribution >= 0.6 is 0 Å². The summed E-state index contributed by atoms with van der Waals surface area (Å²) in [5.41, 5.74) is 1.05. The van der Waals surface area contributed by atoms with Gasteiger partial charge in [-0.3, -0.25) is 4.79 Å². The normalized spacial score (nSPS) is 22.8. The van der Waals surface area contributed by atoms with Crippen molar-refractivity contribution in [3.63, 3.8) is 0 Å². The number of carbonyl (C=O) groups is 1. The lowest BCUT2D eigenvalue weighted by molar-refractivity contribution is -0.130. The van der Waals surface area contributed by atoms with Crippen LogP contribution in [0.1, 0.15) is 56.1 Å². The van der Waals surface area contributed by atoms with Crippen LogP contribution in [0.5, 0.6) is 0 Å². The summed E-state index contributed by atoms with van der Waals surface area (Å²) >= 11 is 0. The summed E-state index contributed by atoms with van der Waals surface area (Å²) in [6, 6.07) is 8.35. The van der Waals surface area contributed by atoms with Crippen LogP contribution in [0.4, 0.5) is 0 Å². The number of hydrogen-bond donors (Lipinski definition) is 2. The fourth-order valence-corrected chi connectivity index (χ4v) is 4.09. The van der Waals surface area contributed by atoms with Crippen LogP contribution in [-0.2, 0) is 14.9 Å². The number of rotatable bonds is 4. The second-order valence-corrected chi connectivity index (χ2v) is 7.53. The van der Waals surface area contributed by atoms with Crippen LogP contribution < -0.4 is 5.32 Å². The summed E-state index contributed by atoms with van der Waals surface area (Å²) in [5, 5.41) is 13.7. The number of aliphatic hydroxyl groups is 1. The molecule has 3 rings (SSSR count). The van der Waals surface area contributed by atoms with E-state index in [2.05, 4.69) is 30.4 Å². The Bertz CT molecular complexity index is 572. The second kappa shape index (κ2) is 7.24. The minimum Gasteiger partial charge on any atom is -0.388 e. The minimum atomic E-state index is -0.823. The van der Waals surface area contributed by atoms with Gasteiger partial charge in [0, 0.05) is 32.6 Å². The van der Waals surface area contributed by atoms with Crippen molar-refractivity contribution in [3.05, 3.63) is 35.4 Å². The van der Waals surface area contributed by atoms with E-state index in [1.165, 1.54) is 12.0 Å². The van der Waals surface area contributed by atoms with E-state index < -0.39 is 11.0 Å². The third-order valence-electron chi connectivity index (χ3n) is 5.71. The topological polar surface area (TPSA) is 58.6 Å². The molecule has 2 fully saturated rings. The highest BCUT2D eigenvalue weighted by atomic mass is 16.5. The zero-order valence-electron chi connectivity index (χ0n) is 14.6. The summed E-state index contributed by atoms with van der Waals surface area (Å²) in [6.45, 7) is 3.52. The molecule has 1 heterocycles. The number of benzene rings is 1. The first-order chi connectivity index (χ1) is 11.5. The summed E-state index contributed by atoms with van der Waals surface area (Å²) in [4.78, 5) is 13.2. The van der Waals surface area contributed by atoms with Crippen LogP contribution in [0.15, 0.2) is 24.3 Å². The average Bonchev–Trinajstić information content (AvgIpc) is 2.61. The maximum absolute atomic E-state index is 13.2. The number of hydrogen-bond acceptors (Lipinski definition) is 3. The fourth-order valence-electron chi connectivity index (χ4n) is 4.09. The van der Waals surface area contributed by atoms with Crippen molar-refractivity contribution in [1.29, 1.82) is 0 Å². The molecule has 2 N–H and O–H groups in total.